The van der Waals surface area contributed by atoms with Crippen molar-refractivity contribution in [2.75, 3.05) is 0 Å². The number of allylic oxidation sites excluding steroid dienone is 1. The molecule has 0 atom stereocenters. The maximum atomic E-state index is 10.8. The lowest BCUT2D eigenvalue weighted by molar-refractivity contribution is -0.384. The van der Waals surface area contributed by atoms with Crippen molar-refractivity contribution in [1.29, 1.82) is 5.26 Å². The quantitative estimate of drug-likeness (QED) is 0.161. The van der Waals surface area contributed by atoms with E-state index in [1.807, 2.05) is 36.4 Å². The summed E-state index contributed by atoms with van der Waals surface area (Å²) < 4.78 is 5.90. The second kappa shape index (κ2) is 8.93. The maximum Gasteiger partial charge on any atom is 0.269 e. The van der Waals surface area contributed by atoms with Crippen LogP contribution >= 0.6 is 0 Å². The van der Waals surface area contributed by atoms with E-state index in [1.54, 1.807) is 18.2 Å². The molecule has 0 unspecified atom stereocenters. The molecule has 0 saturated carbocycles. The van der Waals surface area contributed by atoms with Gasteiger partial charge in [0.05, 0.1) is 16.6 Å². The molecular formula is C26H18N2O3. The summed E-state index contributed by atoms with van der Waals surface area (Å²) in [5, 5.41) is 22.7. The van der Waals surface area contributed by atoms with E-state index in [0.717, 1.165) is 16.9 Å². The molecule has 0 aliphatic carbocycles. The zero-order valence-electron chi connectivity index (χ0n) is 16.6. The first kappa shape index (κ1) is 19.9. The van der Waals surface area contributed by atoms with Crippen LogP contribution in [0.5, 0.6) is 5.75 Å². The minimum Gasteiger partial charge on any atom is -0.489 e. The topological polar surface area (TPSA) is 76.2 Å². The van der Waals surface area contributed by atoms with Crippen molar-refractivity contribution in [2.24, 2.45) is 0 Å². The second-order valence-corrected chi connectivity index (χ2v) is 7.01. The first-order chi connectivity index (χ1) is 15.1. The van der Waals surface area contributed by atoms with Gasteiger partial charge in [0.1, 0.15) is 12.4 Å². The number of rotatable bonds is 6. The molecule has 4 aromatic carbocycles. The average molecular weight is 406 g/mol. The van der Waals surface area contributed by atoms with Gasteiger partial charge in [0, 0.05) is 12.1 Å². The highest BCUT2D eigenvalue weighted by atomic mass is 16.6. The van der Waals surface area contributed by atoms with Gasteiger partial charge in [0.2, 0.25) is 0 Å². The number of nitro groups is 1. The van der Waals surface area contributed by atoms with Gasteiger partial charge in [-0.2, -0.15) is 5.26 Å². The van der Waals surface area contributed by atoms with Gasteiger partial charge >= 0.3 is 0 Å². The van der Waals surface area contributed by atoms with E-state index in [4.69, 9.17) is 4.74 Å². The highest BCUT2D eigenvalue weighted by Gasteiger charge is 2.07. The van der Waals surface area contributed by atoms with Crippen LogP contribution in [0.4, 0.5) is 5.69 Å². The van der Waals surface area contributed by atoms with Crippen LogP contribution in [-0.2, 0) is 6.61 Å². The van der Waals surface area contributed by atoms with Crippen LogP contribution in [-0.4, -0.2) is 4.92 Å². The molecule has 0 N–H and O–H groups in total. The monoisotopic (exact) mass is 406 g/mol. The molecule has 5 heteroatoms. The Balaban J connectivity index is 1.45. The summed E-state index contributed by atoms with van der Waals surface area (Å²) in [5.41, 5.74) is 2.99. The lowest BCUT2D eigenvalue weighted by atomic mass is 10.0. The molecule has 0 amide bonds. The smallest absolute Gasteiger partial charge is 0.269 e. The van der Waals surface area contributed by atoms with Crippen molar-refractivity contribution >= 4 is 28.1 Å². The molecule has 0 spiro atoms. The molecule has 31 heavy (non-hydrogen) atoms. The van der Waals surface area contributed by atoms with Crippen molar-refractivity contribution in [1.82, 2.24) is 0 Å². The van der Waals surface area contributed by atoms with Gasteiger partial charge in [0.15, 0.2) is 0 Å². The van der Waals surface area contributed by atoms with Crippen molar-refractivity contribution < 1.29 is 9.66 Å². The van der Waals surface area contributed by atoms with Crippen LogP contribution in [0.25, 0.3) is 22.4 Å². The summed E-state index contributed by atoms with van der Waals surface area (Å²) in [5.74, 6) is 0.735. The minimum absolute atomic E-state index is 0.00560. The minimum atomic E-state index is -0.462. The first-order valence-electron chi connectivity index (χ1n) is 9.69. The Morgan fingerprint density at radius 3 is 2.32 bits per heavy atom. The third-order valence-electron chi connectivity index (χ3n) is 4.92. The van der Waals surface area contributed by atoms with E-state index >= 15 is 0 Å². The van der Waals surface area contributed by atoms with Crippen molar-refractivity contribution in [3.8, 4) is 11.8 Å². The molecule has 0 aromatic heterocycles. The number of hydrogen-bond donors (Lipinski definition) is 0. The number of nitriles is 1. The molecule has 0 radical (unpaired) electrons. The Morgan fingerprint density at radius 2 is 1.65 bits per heavy atom. The van der Waals surface area contributed by atoms with Crippen LogP contribution in [0.3, 0.4) is 0 Å². The molecule has 0 aliphatic rings. The molecule has 0 saturated heterocycles. The van der Waals surface area contributed by atoms with E-state index in [1.165, 1.54) is 22.9 Å². The van der Waals surface area contributed by atoms with Crippen molar-refractivity contribution in [3.63, 3.8) is 0 Å². The average Bonchev–Trinajstić information content (AvgIpc) is 2.82. The van der Waals surface area contributed by atoms with Gasteiger partial charge in [0.25, 0.3) is 5.69 Å². The molecule has 0 aliphatic heterocycles. The Hall–Kier alpha value is -4.43. The lowest BCUT2D eigenvalue weighted by Crippen LogP contribution is -1.95. The highest BCUT2D eigenvalue weighted by molar-refractivity contribution is 5.89. The lowest BCUT2D eigenvalue weighted by Gasteiger charge is -2.08. The number of non-ortho nitro benzene ring substituents is 1. The number of hydrogen-bond acceptors (Lipinski definition) is 4. The third-order valence-corrected chi connectivity index (χ3v) is 4.92. The Bertz CT molecular complexity index is 1300. The Kier molecular flexibility index (Phi) is 5.72. The zero-order valence-corrected chi connectivity index (χ0v) is 16.6. The van der Waals surface area contributed by atoms with Gasteiger partial charge < -0.3 is 4.74 Å². The predicted molar refractivity (Wildman–Crippen MR) is 121 cm³/mol. The van der Waals surface area contributed by atoms with Crippen molar-refractivity contribution in [3.05, 3.63) is 118 Å². The first-order valence-corrected chi connectivity index (χ1v) is 9.69. The summed E-state index contributed by atoms with van der Waals surface area (Å²) in [6.07, 6.45) is 1.74. The number of ether oxygens (including phenoxy) is 1. The highest BCUT2D eigenvalue weighted by Crippen LogP contribution is 2.23. The Labute approximate surface area is 179 Å². The molecule has 0 bridgehead atoms. The van der Waals surface area contributed by atoms with Gasteiger partial charge in [-0.15, -0.1) is 0 Å². The summed E-state index contributed by atoms with van der Waals surface area (Å²) >= 11 is 0. The fourth-order valence-electron chi connectivity index (χ4n) is 3.27. The standard InChI is InChI=1S/C26H18N2O3/c27-17-24(22-9-11-25(12-10-22)28(29)30)15-19-6-13-26(14-7-19)31-18-20-5-8-21-3-1-2-4-23(21)16-20/h1-16H,18H2/b24-15-. The molecule has 0 heterocycles. The predicted octanol–water partition coefficient (Wildman–Crippen LogP) is 6.39. The number of benzene rings is 4. The normalized spacial score (nSPS) is 11.1. The summed E-state index contributed by atoms with van der Waals surface area (Å²) in [6, 6.07) is 30.0. The molecule has 5 nitrogen and oxygen atoms in total. The van der Waals surface area contributed by atoms with Crippen LogP contribution in [0.15, 0.2) is 91.0 Å². The van der Waals surface area contributed by atoms with Crippen molar-refractivity contribution in [2.45, 2.75) is 6.61 Å². The molecule has 0 fully saturated rings. The summed E-state index contributed by atoms with van der Waals surface area (Å²) in [7, 11) is 0. The van der Waals surface area contributed by atoms with E-state index in [0.29, 0.717) is 17.7 Å². The van der Waals surface area contributed by atoms with Gasteiger partial charge in [-0.25, -0.2) is 0 Å². The maximum absolute atomic E-state index is 10.8. The van der Waals surface area contributed by atoms with Crippen LogP contribution in [0.2, 0.25) is 0 Å². The van der Waals surface area contributed by atoms with Gasteiger partial charge in [-0.05, 0) is 63.9 Å². The summed E-state index contributed by atoms with van der Waals surface area (Å²) in [4.78, 5) is 10.3. The number of nitro benzene ring substituents is 1. The number of nitrogens with zero attached hydrogens (tertiary/aromatic N) is 2. The van der Waals surface area contributed by atoms with Gasteiger partial charge in [-0.3, -0.25) is 10.1 Å². The van der Waals surface area contributed by atoms with E-state index in [-0.39, 0.29) is 5.69 Å². The fourth-order valence-corrected chi connectivity index (χ4v) is 3.27. The Morgan fingerprint density at radius 1 is 0.935 bits per heavy atom. The molecular weight excluding hydrogens is 388 g/mol. The third kappa shape index (κ3) is 4.77. The van der Waals surface area contributed by atoms with E-state index in [9.17, 15) is 15.4 Å². The molecule has 4 aromatic rings. The number of fused-ring (bicyclic) bond motifs is 1. The van der Waals surface area contributed by atoms with Gasteiger partial charge in [-0.1, -0.05) is 48.5 Å². The van der Waals surface area contributed by atoms with Crippen LogP contribution in [0, 0.1) is 21.4 Å². The molecule has 4 rings (SSSR count). The van der Waals surface area contributed by atoms with E-state index in [2.05, 4.69) is 36.4 Å². The van der Waals surface area contributed by atoms with Crippen LogP contribution < -0.4 is 4.74 Å². The second-order valence-electron chi connectivity index (χ2n) is 7.01. The SMILES string of the molecule is N#C/C(=C/c1ccc(OCc2ccc3ccccc3c2)cc1)c1ccc([N+](=O)[O-])cc1. The zero-order chi connectivity index (χ0) is 21.6. The largest absolute Gasteiger partial charge is 0.489 e. The fraction of sp³-hybridized carbons (Fsp3) is 0.0385. The van der Waals surface area contributed by atoms with E-state index < -0.39 is 4.92 Å². The molecule has 150 valence electrons. The van der Waals surface area contributed by atoms with Crippen LogP contribution in [0.1, 0.15) is 16.7 Å². The summed E-state index contributed by atoms with van der Waals surface area (Å²) in [6.45, 7) is 0.465.